The normalized spacial score (nSPS) is 12.6. The summed E-state index contributed by atoms with van der Waals surface area (Å²) in [6.45, 7) is 4.08. The van der Waals surface area contributed by atoms with E-state index in [1.165, 1.54) is 0 Å². The Balaban J connectivity index is 2.44. The quantitative estimate of drug-likeness (QED) is 0.553. The van der Waals surface area contributed by atoms with Gasteiger partial charge in [-0.05, 0) is 13.1 Å². The highest BCUT2D eigenvalue weighted by Crippen LogP contribution is 1.97. The van der Waals surface area contributed by atoms with Crippen LogP contribution in [0.15, 0.2) is 29.2 Å². The summed E-state index contributed by atoms with van der Waals surface area (Å²) in [4.78, 5) is 13.5. The van der Waals surface area contributed by atoms with Crippen molar-refractivity contribution in [2.45, 2.75) is 13.5 Å². The Morgan fingerprint density at radius 1 is 1.59 bits per heavy atom. The van der Waals surface area contributed by atoms with Crippen LogP contribution < -0.4 is 11.3 Å². The fourth-order valence-electron chi connectivity index (χ4n) is 1.58. The molecule has 0 aliphatic rings. The number of nitrogens with two attached hydrogens (primary N) is 1. The molecule has 0 saturated carbocycles. The zero-order valence-corrected chi connectivity index (χ0v) is 10.4. The predicted molar refractivity (Wildman–Crippen MR) is 69.3 cm³/mol. The van der Waals surface area contributed by atoms with Gasteiger partial charge >= 0.3 is 0 Å². The third-order valence-electron chi connectivity index (χ3n) is 2.74. The monoisotopic (exact) mass is 236 g/mol. The zero-order chi connectivity index (χ0) is 12.8. The van der Waals surface area contributed by atoms with Gasteiger partial charge in [0.2, 0.25) is 0 Å². The highest BCUT2D eigenvalue weighted by molar-refractivity contribution is 5.79. The average molecular weight is 236 g/mol. The molecule has 0 aliphatic carbocycles. The lowest BCUT2D eigenvalue weighted by molar-refractivity contribution is 0.299. The molecule has 5 heteroatoms. The molecule has 17 heavy (non-hydrogen) atoms. The van der Waals surface area contributed by atoms with Crippen molar-refractivity contribution in [3.05, 3.63) is 34.7 Å². The molecular weight excluding hydrogens is 216 g/mol. The first-order chi connectivity index (χ1) is 8.00. The fraction of sp³-hybridized carbons (Fsp3) is 0.500. The minimum Gasteiger partial charge on any atom is -0.387 e. The number of aromatic nitrogens is 1. The molecule has 94 valence electrons. The van der Waals surface area contributed by atoms with E-state index >= 15 is 0 Å². The Kier molecular flexibility index (Phi) is 4.90. The molecule has 0 saturated heterocycles. The van der Waals surface area contributed by atoms with Gasteiger partial charge in [0, 0.05) is 37.8 Å². The van der Waals surface area contributed by atoms with Crippen LogP contribution in [0.3, 0.4) is 0 Å². The Morgan fingerprint density at radius 2 is 2.29 bits per heavy atom. The second-order valence-electron chi connectivity index (χ2n) is 4.35. The van der Waals surface area contributed by atoms with Gasteiger partial charge in [0.15, 0.2) is 0 Å². The van der Waals surface area contributed by atoms with Crippen molar-refractivity contribution in [3.63, 3.8) is 0 Å². The number of hydrogen-bond donors (Lipinski definition) is 2. The van der Waals surface area contributed by atoms with Gasteiger partial charge in [-0.25, -0.2) is 0 Å². The first kappa shape index (κ1) is 13.4. The van der Waals surface area contributed by atoms with Crippen molar-refractivity contribution < 1.29 is 0 Å². The highest BCUT2D eigenvalue weighted by atomic mass is 16.1. The van der Waals surface area contributed by atoms with Crippen molar-refractivity contribution in [1.82, 2.24) is 9.47 Å². The third kappa shape index (κ3) is 4.40. The standard InChI is InChI=1S/C12H20N4O/c1-10(12(13)14)9-15(2)7-8-16-6-4-3-5-11(16)17/h3-6,10H,7-9H2,1-2H3,(H3,13,14). The van der Waals surface area contributed by atoms with E-state index in [1.54, 1.807) is 22.9 Å². The van der Waals surface area contributed by atoms with E-state index in [1.807, 2.05) is 20.0 Å². The van der Waals surface area contributed by atoms with Gasteiger partial charge in [0.25, 0.3) is 5.56 Å². The lowest BCUT2D eigenvalue weighted by Crippen LogP contribution is -2.35. The van der Waals surface area contributed by atoms with Crippen LogP contribution in [0, 0.1) is 11.3 Å². The van der Waals surface area contributed by atoms with E-state index in [0.29, 0.717) is 6.54 Å². The summed E-state index contributed by atoms with van der Waals surface area (Å²) in [6.07, 6.45) is 1.78. The van der Waals surface area contributed by atoms with Gasteiger partial charge in [-0.1, -0.05) is 13.0 Å². The first-order valence-corrected chi connectivity index (χ1v) is 5.68. The summed E-state index contributed by atoms with van der Waals surface area (Å²) < 4.78 is 1.68. The second kappa shape index (κ2) is 6.20. The minimum atomic E-state index is 0.0144. The van der Waals surface area contributed by atoms with Crippen LogP contribution in [0.25, 0.3) is 0 Å². The molecule has 0 bridgehead atoms. The Hall–Kier alpha value is -1.62. The van der Waals surface area contributed by atoms with E-state index in [-0.39, 0.29) is 17.3 Å². The molecular formula is C12H20N4O. The minimum absolute atomic E-state index is 0.0144. The molecule has 5 nitrogen and oxygen atoms in total. The van der Waals surface area contributed by atoms with E-state index < -0.39 is 0 Å². The molecule has 1 aromatic rings. The Bertz CT molecular complexity index is 427. The summed E-state index contributed by atoms with van der Waals surface area (Å²) in [6, 6.07) is 5.14. The molecule has 1 rings (SSSR count). The number of likely N-dealkylation sites (N-methyl/N-ethyl adjacent to an activating group) is 1. The summed E-state index contributed by atoms with van der Waals surface area (Å²) in [5.41, 5.74) is 5.43. The van der Waals surface area contributed by atoms with Crippen LogP contribution in [0.2, 0.25) is 0 Å². The molecule has 0 aliphatic heterocycles. The van der Waals surface area contributed by atoms with Crippen molar-refractivity contribution in [2.24, 2.45) is 11.7 Å². The molecule has 0 spiro atoms. The zero-order valence-electron chi connectivity index (χ0n) is 10.4. The molecule has 1 heterocycles. The SMILES string of the molecule is CC(CN(C)CCn1ccccc1=O)C(=N)N. The van der Waals surface area contributed by atoms with Crippen molar-refractivity contribution in [2.75, 3.05) is 20.1 Å². The maximum atomic E-state index is 11.5. The Morgan fingerprint density at radius 3 is 2.88 bits per heavy atom. The molecule has 3 N–H and O–H groups in total. The van der Waals surface area contributed by atoms with Gasteiger partial charge in [-0.2, -0.15) is 0 Å². The van der Waals surface area contributed by atoms with Crippen molar-refractivity contribution in [3.8, 4) is 0 Å². The van der Waals surface area contributed by atoms with E-state index in [0.717, 1.165) is 13.1 Å². The van der Waals surface area contributed by atoms with Crippen molar-refractivity contribution in [1.29, 1.82) is 5.41 Å². The largest absolute Gasteiger partial charge is 0.387 e. The molecule has 0 fully saturated rings. The van der Waals surface area contributed by atoms with Crippen LogP contribution in [0.5, 0.6) is 0 Å². The fourth-order valence-corrected chi connectivity index (χ4v) is 1.58. The summed E-state index contributed by atoms with van der Waals surface area (Å²) >= 11 is 0. The first-order valence-electron chi connectivity index (χ1n) is 5.68. The molecule has 1 atom stereocenters. The van der Waals surface area contributed by atoms with Gasteiger partial charge in [0.1, 0.15) is 0 Å². The lowest BCUT2D eigenvalue weighted by atomic mass is 10.1. The highest BCUT2D eigenvalue weighted by Gasteiger charge is 2.08. The average Bonchev–Trinajstić information content (AvgIpc) is 2.27. The van der Waals surface area contributed by atoms with Crippen LogP contribution in [-0.4, -0.2) is 35.4 Å². The number of rotatable bonds is 6. The van der Waals surface area contributed by atoms with Gasteiger partial charge in [-0.15, -0.1) is 0 Å². The topological polar surface area (TPSA) is 75.1 Å². The Labute approximate surface area is 101 Å². The number of amidine groups is 1. The molecule has 1 aromatic heterocycles. The van der Waals surface area contributed by atoms with Gasteiger partial charge in [-0.3, -0.25) is 10.2 Å². The van der Waals surface area contributed by atoms with Crippen LogP contribution in [-0.2, 0) is 6.54 Å². The smallest absolute Gasteiger partial charge is 0.250 e. The number of pyridine rings is 1. The molecule has 0 aromatic carbocycles. The van der Waals surface area contributed by atoms with E-state index in [9.17, 15) is 4.79 Å². The predicted octanol–water partition coefficient (Wildman–Crippen LogP) is 0.352. The maximum Gasteiger partial charge on any atom is 0.250 e. The number of nitrogens with zero attached hydrogens (tertiary/aromatic N) is 2. The molecule has 0 radical (unpaired) electrons. The summed E-state index contributed by atoms with van der Waals surface area (Å²) in [7, 11) is 1.97. The third-order valence-corrected chi connectivity index (χ3v) is 2.74. The number of hydrogen-bond acceptors (Lipinski definition) is 3. The van der Waals surface area contributed by atoms with E-state index in [2.05, 4.69) is 4.90 Å². The molecule has 1 unspecified atom stereocenters. The number of nitrogens with one attached hydrogen (secondary N) is 1. The van der Waals surface area contributed by atoms with Gasteiger partial charge < -0.3 is 15.2 Å². The summed E-state index contributed by atoms with van der Waals surface area (Å²) in [5.74, 6) is 0.251. The van der Waals surface area contributed by atoms with E-state index in [4.69, 9.17) is 11.1 Å². The van der Waals surface area contributed by atoms with Crippen LogP contribution in [0.1, 0.15) is 6.92 Å². The molecule has 0 amide bonds. The summed E-state index contributed by atoms with van der Waals surface area (Å²) in [5, 5.41) is 7.32. The lowest BCUT2D eigenvalue weighted by Gasteiger charge is -2.20. The van der Waals surface area contributed by atoms with Gasteiger partial charge in [0.05, 0.1) is 5.84 Å². The maximum absolute atomic E-state index is 11.5. The second-order valence-corrected chi connectivity index (χ2v) is 4.35. The van der Waals surface area contributed by atoms with Crippen LogP contribution >= 0.6 is 0 Å². The van der Waals surface area contributed by atoms with Crippen LogP contribution in [0.4, 0.5) is 0 Å². The van der Waals surface area contributed by atoms with Crippen molar-refractivity contribution >= 4 is 5.84 Å².